The summed E-state index contributed by atoms with van der Waals surface area (Å²) in [7, 11) is 0. The van der Waals surface area contributed by atoms with Gasteiger partial charge in [0, 0.05) is 18.7 Å². The standard InChI is InChI=1S/C22H25N3O3/c1-3-25(4-2)15-16-27-19-11-7-5-9-17(19)23-21(26)13-14-22-24-18-10-6-8-12-20(18)28-22/h5-14H,3-4,15-16H2,1-2H3,(H,23,26)/b14-13+. The van der Waals surface area contributed by atoms with E-state index in [4.69, 9.17) is 9.15 Å². The molecule has 3 aromatic rings. The van der Waals surface area contributed by atoms with Gasteiger partial charge in [-0.2, -0.15) is 0 Å². The maximum Gasteiger partial charge on any atom is 0.248 e. The number of benzene rings is 2. The van der Waals surface area contributed by atoms with Gasteiger partial charge in [0.1, 0.15) is 17.9 Å². The van der Waals surface area contributed by atoms with Crippen LogP contribution in [0.25, 0.3) is 17.2 Å². The van der Waals surface area contributed by atoms with Crippen molar-refractivity contribution in [3.63, 3.8) is 0 Å². The number of oxazole rings is 1. The van der Waals surface area contributed by atoms with Crippen LogP contribution in [0.3, 0.4) is 0 Å². The molecular weight excluding hydrogens is 354 g/mol. The molecular formula is C22H25N3O3. The number of hydrogen-bond acceptors (Lipinski definition) is 5. The molecule has 1 amide bonds. The third-order valence-corrected chi connectivity index (χ3v) is 4.39. The number of carbonyl (C=O) groups excluding carboxylic acids is 1. The van der Waals surface area contributed by atoms with Crippen molar-refractivity contribution in [1.29, 1.82) is 0 Å². The topological polar surface area (TPSA) is 67.6 Å². The van der Waals surface area contributed by atoms with E-state index in [1.807, 2.05) is 48.5 Å². The first kappa shape index (κ1) is 19.6. The zero-order chi connectivity index (χ0) is 19.8. The number of anilines is 1. The number of likely N-dealkylation sites (N-methyl/N-ethyl adjacent to an activating group) is 1. The summed E-state index contributed by atoms with van der Waals surface area (Å²) in [5.41, 5.74) is 2.08. The maximum atomic E-state index is 12.3. The normalized spacial score (nSPS) is 11.4. The highest BCUT2D eigenvalue weighted by Crippen LogP contribution is 2.24. The second kappa shape index (κ2) is 9.71. The Morgan fingerprint density at radius 2 is 1.89 bits per heavy atom. The maximum absolute atomic E-state index is 12.3. The Bertz CT molecular complexity index is 912. The Hall–Kier alpha value is -3.12. The Balaban J connectivity index is 1.60. The summed E-state index contributed by atoms with van der Waals surface area (Å²) in [5, 5.41) is 2.85. The molecule has 3 rings (SSSR count). The number of carbonyl (C=O) groups is 1. The average molecular weight is 379 g/mol. The molecule has 0 bridgehead atoms. The van der Waals surface area contributed by atoms with Crippen LogP contribution in [0.5, 0.6) is 5.75 Å². The van der Waals surface area contributed by atoms with Gasteiger partial charge in [0.2, 0.25) is 11.8 Å². The molecule has 0 radical (unpaired) electrons. The van der Waals surface area contributed by atoms with Gasteiger partial charge in [-0.1, -0.05) is 38.1 Å². The summed E-state index contributed by atoms with van der Waals surface area (Å²) < 4.78 is 11.4. The van der Waals surface area contributed by atoms with E-state index in [0.29, 0.717) is 29.5 Å². The fraction of sp³-hybridized carbons (Fsp3) is 0.273. The quantitative estimate of drug-likeness (QED) is 0.564. The smallest absolute Gasteiger partial charge is 0.248 e. The molecule has 0 atom stereocenters. The van der Waals surface area contributed by atoms with E-state index in [0.717, 1.165) is 25.2 Å². The zero-order valence-corrected chi connectivity index (χ0v) is 16.2. The monoisotopic (exact) mass is 379 g/mol. The number of rotatable bonds is 9. The van der Waals surface area contributed by atoms with Gasteiger partial charge in [-0.3, -0.25) is 4.79 Å². The first-order valence-corrected chi connectivity index (χ1v) is 9.48. The van der Waals surface area contributed by atoms with Gasteiger partial charge in [0.15, 0.2) is 5.58 Å². The van der Waals surface area contributed by atoms with Crippen LogP contribution in [0.1, 0.15) is 19.7 Å². The summed E-state index contributed by atoms with van der Waals surface area (Å²) in [4.78, 5) is 18.9. The highest BCUT2D eigenvalue weighted by atomic mass is 16.5. The predicted molar refractivity (Wildman–Crippen MR) is 111 cm³/mol. The number of nitrogens with one attached hydrogen (secondary N) is 1. The minimum atomic E-state index is -0.276. The van der Waals surface area contributed by atoms with Crippen molar-refractivity contribution in [3.05, 3.63) is 60.5 Å². The van der Waals surface area contributed by atoms with Gasteiger partial charge in [0.25, 0.3) is 0 Å². The van der Waals surface area contributed by atoms with Crippen molar-refractivity contribution in [2.75, 3.05) is 31.6 Å². The Labute approximate surface area is 164 Å². The van der Waals surface area contributed by atoms with E-state index in [-0.39, 0.29) is 5.91 Å². The van der Waals surface area contributed by atoms with Crippen LogP contribution < -0.4 is 10.1 Å². The largest absolute Gasteiger partial charge is 0.490 e. The highest BCUT2D eigenvalue weighted by molar-refractivity contribution is 6.02. The lowest BCUT2D eigenvalue weighted by Crippen LogP contribution is -2.28. The van der Waals surface area contributed by atoms with Crippen LogP contribution in [-0.2, 0) is 4.79 Å². The van der Waals surface area contributed by atoms with Crippen LogP contribution in [0, 0.1) is 0 Å². The molecule has 0 saturated heterocycles. The van der Waals surface area contributed by atoms with E-state index < -0.39 is 0 Å². The molecule has 0 unspecified atom stereocenters. The van der Waals surface area contributed by atoms with E-state index in [9.17, 15) is 4.79 Å². The molecule has 0 aliphatic heterocycles. The highest BCUT2D eigenvalue weighted by Gasteiger charge is 2.07. The third-order valence-electron chi connectivity index (χ3n) is 4.39. The van der Waals surface area contributed by atoms with Crippen LogP contribution in [0.4, 0.5) is 5.69 Å². The number of para-hydroxylation sites is 4. The number of nitrogens with zero attached hydrogens (tertiary/aromatic N) is 2. The second-order valence-electron chi connectivity index (χ2n) is 6.21. The van der Waals surface area contributed by atoms with Crippen molar-refractivity contribution in [1.82, 2.24) is 9.88 Å². The molecule has 1 N–H and O–H groups in total. The van der Waals surface area contributed by atoms with E-state index in [2.05, 4.69) is 29.0 Å². The van der Waals surface area contributed by atoms with Gasteiger partial charge in [-0.25, -0.2) is 4.98 Å². The van der Waals surface area contributed by atoms with Crippen molar-refractivity contribution in [3.8, 4) is 5.75 Å². The molecule has 1 heterocycles. The Morgan fingerprint density at radius 3 is 2.68 bits per heavy atom. The van der Waals surface area contributed by atoms with Crippen LogP contribution >= 0.6 is 0 Å². The van der Waals surface area contributed by atoms with Gasteiger partial charge in [-0.05, 0) is 37.4 Å². The Morgan fingerprint density at radius 1 is 1.14 bits per heavy atom. The zero-order valence-electron chi connectivity index (χ0n) is 16.2. The molecule has 146 valence electrons. The second-order valence-corrected chi connectivity index (χ2v) is 6.21. The number of amides is 1. The Kier molecular flexibility index (Phi) is 6.81. The first-order chi connectivity index (χ1) is 13.7. The lowest BCUT2D eigenvalue weighted by Gasteiger charge is -2.18. The summed E-state index contributed by atoms with van der Waals surface area (Å²) in [6, 6.07) is 14.9. The molecule has 0 aliphatic carbocycles. The van der Waals surface area contributed by atoms with Crippen molar-refractivity contribution in [2.45, 2.75) is 13.8 Å². The molecule has 6 nitrogen and oxygen atoms in total. The van der Waals surface area contributed by atoms with E-state index >= 15 is 0 Å². The summed E-state index contributed by atoms with van der Waals surface area (Å²) in [6.45, 7) is 7.62. The summed E-state index contributed by atoms with van der Waals surface area (Å²) in [5.74, 6) is 0.764. The molecule has 0 aliphatic rings. The van der Waals surface area contributed by atoms with Crippen molar-refractivity contribution < 1.29 is 13.9 Å². The molecule has 0 saturated carbocycles. The van der Waals surface area contributed by atoms with Crippen LogP contribution in [-0.4, -0.2) is 42.0 Å². The summed E-state index contributed by atoms with van der Waals surface area (Å²) >= 11 is 0. The fourth-order valence-electron chi connectivity index (χ4n) is 2.80. The lowest BCUT2D eigenvalue weighted by molar-refractivity contribution is -0.111. The molecule has 0 fully saturated rings. The van der Waals surface area contributed by atoms with Gasteiger partial charge in [0.05, 0.1) is 5.69 Å². The van der Waals surface area contributed by atoms with E-state index in [1.165, 1.54) is 6.08 Å². The SMILES string of the molecule is CCN(CC)CCOc1ccccc1NC(=O)/C=C/c1nc2ccccc2o1. The molecule has 6 heteroatoms. The van der Waals surface area contributed by atoms with Crippen LogP contribution in [0.15, 0.2) is 59.0 Å². The molecule has 1 aromatic heterocycles. The molecule has 2 aromatic carbocycles. The minimum Gasteiger partial charge on any atom is -0.490 e. The number of ether oxygens (including phenoxy) is 1. The van der Waals surface area contributed by atoms with Gasteiger partial charge >= 0.3 is 0 Å². The minimum absolute atomic E-state index is 0.276. The van der Waals surface area contributed by atoms with Gasteiger partial charge in [-0.15, -0.1) is 0 Å². The average Bonchev–Trinajstić information content (AvgIpc) is 3.14. The fourth-order valence-corrected chi connectivity index (χ4v) is 2.80. The molecule has 0 spiro atoms. The lowest BCUT2D eigenvalue weighted by atomic mass is 10.3. The number of fused-ring (bicyclic) bond motifs is 1. The predicted octanol–water partition coefficient (Wildman–Crippen LogP) is 4.20. The third kappa shape index (κ3) is 5.20. The van der Waals surface area contributed by atoms with Gasteiger partial charge < -0.3 is 19.4 Å². The first-order valence-electron chi connectivity index (χ1n) is 9.48. The van der Waals surface area contributed by atoms with Crippen molar-refractivity contribution in [2.24, 2.45) is 0 Å². The van der Waals surface area contributed by atoms with Crippen molar-refractivity contribution >= 4 is 28.8 Å². The van der Waals surface area contributed by atoms with Crippen LogP contribution in [0.2, 0.25) is 0 Å². The summed E-state index contributed by atoms with van der Waals surface area (Å²) in [6.07, 6.45) is 2.95. The number of hydrogen-bond donors (Lipinski definition) is 1. The van der Waals surface area contributed by atoms with E-state index in [1.54, 1.807) is 6.08 Å². The molecule has 28 heavy (non-hydrogen) atoms. The number of aromatic nitrogens is 1.